The van der Waals surface area contributed by atoms with E-state index in [1.807, 2.05) is 59.5 Å². The van der Waals surface area contributed by atoms with Crippen LogP contribution in [0, 0.1) is 0 Å². The van der Waals surface area contributed by atoms with Crippen molar-refractivity contribution in [2.45, 2.75) is 13.2 Å². The summed E-state index contributed by atoms with van der Waals surface area (Å²) in [5, 5.41) is 5.66. The zero-order chi connectivity index (χ0) is 17.5. The molecule has 0 bridgehead atoms. The van der Waals surface area contributed by atoms with Gasteiger partial charge >= 0.3 is 0 Å². The van der Waals surface area contributed by atoms with Gasteiger partial charge in [0.1, 0.15) is 18.1 Å². The van der Waals surface area contributed by atoms with Crippen molar-refractivity contribution in [2.24, 2.45) is 0 Å². The van der Waals surface area contributed by atoms with Crippen molar-refractivity contribution in [3.8, 4) is 22.6 Å². The molecule has 5 rings (SSSR count). The highest BCUT2D eigenvalue weighted by molar-refractivity contribution is 5.96. The average molecular weight is 343 g/mol. The molecule has 5 nitrogen and oxygen atoms in total. The van der Waals surface area contributed by atoms with Crippen LogP contribution in [0.3, 0.4) is 0 Å². The lowest BCUT2D eigenvalue weighted by atomic mass is 9.96. The predicted molar refractivity (Wildman–Crippen MR) is 99.4 cm³/mol. The quantitative estimate of drug-likeness (QED) is 0.563. The smallest absolute Gasteiger partial charge is 0.158 e. The van der Waals surface area contributed by atoms with E-state index in [2.05, 4.69) is 16.1 Å². The molecule has 26 heavy (non-hydrogen) atoms. The van der Waals surface area contributed by atoms with Crippen LogP contribution in [-0.4, -0.2) is 21.9 Å². The van der Waals surface area contributed by atoms with Gasteiger partial charge in [-0.15, -0.1) is 0 Å². The summed E-state index contributed by atoms with van der Waals surface area (Å²) in [6.45, 7) is 1.20. The molecule has 1 aliphatic rings. The number of fused-ring (bicyclic) bond motifs is 5. The molecule has 0 spiro atoms. The van der Waals surface area contributed by atoms with Gasteiger partial charge in [-0.2, -0.15) is 5.10 Å². The zero-order valence-corrected chi connectivity index (χ0v) is 14.3. The molecule has 3 heterocycles. The van der Waals surface area contributed by atoms with E-state index < -0.39 is 0 Å². The molecule has 0 fully saturated rings. The Morgan fingerprint density at radius 2 is 1.92 bits per heavy atom. The van der Waals surface area contributed by atoms with Crippen LogP contribution < -0.4 is 9.47 Å². The van der Waals surface area contributed by atoms with Crippen LogP contribution in [0.4, 0.5) is 0 Å². The summed E-state index contributed by atoms with van der Waals surface area (Å²) in [4.78, 5) is 4.65. The van der Waals surface area contributed by atoms with Crippen molar-refractivity contribution in [2.75, 3.05) is 7.11 Å². The van der Waals surface area contributed by atoms with Crippen LogP contribution in [0.15, 0.2) is 60.9 Å². The highest BCUT2D eigenvalue weighted by Gasteiger charge is 2.21. The Morgan fingerprint density at radius 1 is 1.08 bits per heavy atom. The third kappa shape index (κ3) is 2.32. The molecule has 2 aromatic carbocycles. The highest BCUT2D eigenvalue weighted by atomic mass is 16.5. The Kier molecular flexibility index (Phi) is 3.38. The summed E-state index contributed by atoms with van der Waals surface area (Å²) in [6.07, 6.45) is 3.81. The second-order valence-corrected chi connectivity index (χ2v) is 6.33. The fraction of sp³-hybridized carbons (Fsp3) is 0.143. The summed E-state index contributed by atoms with van der Waals surface area (Å²) in [5.74, 6) is 1.76. The molecule has 128 valence electrons. The van der Waals surface area contributed by atoms with Gasteiger partial charge in [0, 0.05) is 28.3 Å². The second-order valence-electron chi connectivity index (χ2n) is 6.33. The Balaban J connectivity index is 1.60. The molecule has 2 aromatic heterocycles. The van der Waals surface area contributed by atoms with E-state index >= 15 is 0 Å². The number of benzene rings is 2. The maximum atomic E-state index is 5.84. The second kappa shape index (κ2) is 5.88. The SMILES string of the molecule is COc1ccc(Cn2ncc3c4c(cnc32)COc2ccccc2-4)cc1. The van der Waals surface area contributed by atoms with Gasteiger partial charge < -0.3 is 9.47 Å². The van der Waals surface area contributed by atoms with Gasteiger partial charge in [0.25, 0.3) is 0 Å². The van der Waals surface area contributed by atoms with Gasteiger partial charge in [-0.1, -0.05) is 30.3 Å². The van der Waals surface area contributed by atoms with Crippen LogP contribution in [0.1, 0.15) is 11.1 Å². The fourth-order valence-corrected chi connectivity index (χ4v) is 3.47. The van der Waals surface area contributed by atoms with Crippen molar-refractivity contribution < 1.29 is 9.47 Å². The molecule has 0 aliphatic carbocycles. The summed E-state index contributed by atoms with van der Waals surface area (Å²) < 4.78 is 13.0. The first-order valence-electron chi connectivity index (χ1n) is 8.52. The van der Waals surface area contributed by atoms with Crippen LogP contribution in [0.25, 0.3) is 22.2 Å². The molecule has 0 atom stereocenters. The molecule has 0 amide bonds. The Labute approximate surface area is 150 Å². The van der Waals surface area contributed by atoms with E-state index in [1.54, 1.807) is 7.11 Å². The third-order valence-corrected chi connectivity index (χ3v) is 4.78. The van der Waals surface area contributed by atoms with Gasteiger partial charge in [0.2, 0.25) is 0 Å². The number of hydrogen-bond acceptors (Lipinski definition) is 4. The van der Waals surface area contributed by atoms with Crippen molar-refractivity contribution in [1.82, 2.24) is 14.8 Å². The maximum Gasteiger partial charge on any atom is 0.158 e. The monoisotopic (exact) mass is 343 g/mol. The van der Waals surface area contributed by atoms with Gasteiger partial charge in [0.15, 0.2) is 5.65 Å². The van der Waals surface area contributed by atoms with Crippen molar-refractivity contribution >= 4 is 11.0 Å². The van der Waals surface area contributed by atoms with E-state index in [4.69, 9.17) is 9.47 Å². The van der Waals surface area contributed by atoms with E-state index in [9.17, 15) is 0 Å². The molecule has 0 N–H and O–H groups in total. The molecule has 4 aromatic rings. The average Bonchev–Trinajstić information content (AvgIpc) is 3.11. The van der Waals surface area contributed by atoms with E-state index in [1.165, 1.54) is 5.56 Å². The third-order valence-electron chi connectivity index (χ3n) is 4.78. The van der Waals surface area contributed by atoms with Gasteiger partial charge in [0.05, 0.1) is 19.9 Å². The minimum atomic E-state index is 0.541. The largest absolute Gasteiger partial charge is 0.497 e. The Morgan fingerprint density at radius 3 is 2.77 bits per heavy atom. The molecular weight excluding hydrogens is 326 g/mol. The van der Waals surface area contributed by atoms with E-state index in [0.717, 1.165) is 39.2 Å². The Bertz CT molecular complexity index is 1100. The normalized spacial score (nSPS) is 12.3. The summed E-state index contributed by atoms with van der Waals surface area (Å²) in [5.41, 5.74) is 5.42. The van der Waals surface area contributed by atoms with Crippen molar-refractivity contribution in [3.63, 3.8) is 0 Å². The lowest BCUT2D eigenvalue weighted by molar-refractivity contribution is 0.302. The molecule has 1 aliphatic heterocycles. The number of pyridine rings is 1. The van der Waals surface area contributed by atoms with Crippen molar-refractivity contribution in [1.29, 1.82) is 0 Å². The lowest BCUT2D eigenvalue weighted by Crippen LogP contribution is -2.07. The van der Waals surface area contributed by atoms with Gasteiger partial charge in [-0.25, -0.2) is 9.67 Å². The molecule has 0 saturated carbocycles. The van der Waals surface area contributed by atoms with Crippen molar-refractivity contribution in [3.05, 3.63) is 72.1 Å². The first-order valence-corrected chi connectivity index (χ1v) is 8.52. The Hall–Kier alpha value is -3.34. The summed E-state index contributed by atoms with van der Waals surface area (Å²) in [7, 11) is 1.67. The van der Waals surface area contributed by atoms with E-state index in [0.29, 0.717) is 13.2 Å². The topological polar surface area (TPSA) is 49.2 Å². The standard InChI is InChI=1S/C21H17N3O2/c1-25-16-8-6-14(7-9-16)12-24-21-18(11-23-24)20-15(10-22-21)13-26-19-5-3-2-4-17(19)20/h2-11H,12-13H2,1H3. The van der Waals surface area contributed by atoms with Gasteiger partial charge in [-0.3, -0.25) is 0 Å². The molecule has 0 unspecified atom stereocenters. The number of ether oxygens (including phenoxy) is 2. The number of methoxy groups -OCH3 is 1. The lowest BCUT2D eigenvalue weighted by Gasteiger charge is -2.20. The van der Waals surface area contributed by atoms with Crippen LogP contribution >= 0.6 is 0 Å². The first kappa shape index (κ1) is 15.0. The molecule has 0 radical (unpaired) electrons. The number of hydrogen-bond donors (Lipinski definition) is 0. The van der Waals surface area contributed by atoms with Crippen LogP contribution in [0.2, 0.25) is 0 Å². The molecule has 5 heteroatoms. The number of para-hydroxylation sites is 1. The predicted octanol–water partition coefficient (Wildman–Crippen LogP) is 4.05. The minimum Gasteiger partial charge on any atom is -0.497 e. The van der Waals surface area contributed by atoms with E-state index in [-0.39, 0.29) is 0 Å². The number of nitrogens with zero attached hydrogens (tertiary/aromatic N) is 3. The van der Waals surface area contributed by atoms with Crippen LogP contribution in [-0.2, 0) is 13.2 Å². The number of aromatic nitrogens is 3. The molecular formula is C21H17N3O2. The van der Waals surface area contributed by atoms with Gasteiger partial charge in [-0.05, 0) is 23.8 Å². The highest BCUT2D eigenvalue weighted by Crippen LogP contribution is 2.40. The summed E-state index contributed by atoms with van der Waals surface area (Å²) >= 11 is 0. The maximum absolute atomic E-state index is 5.84. The van der Waals surface area contributed by atoms with Crippen LogP contribution in [0.5, 0.6) is 11.5 Å². The number of rotatable bonds is 3. The zero-order valence-electron chi connectivity index (χ0n) is 14.3. The first-order chi connectivity index (χ1) is 12.8. The fourth-order valence-electron chi connectivity index (χ4n) is 3.47. The minimum absolute atomic E-state index is 0.541. The molecule has 0 saturated heterocycles. The summed E-state index contributed by atoms with van der Waals surface area (Å²) in [6, 6.07) is 16.1.